The van der Waals surface area contributed by atoms with Gasteiger partial charge in [-0.05, 0) is 25.8 Å². The van der Waals surface area contributed by atoms with E-state index < -0.39 is 0 Å². The van der Waals surface area contributed by atoms with Crippen LogP contribution < -0.4 is 15.2 Å². The highest BCUT2D eigenvalue weighted by atomic mass is 16.5. The molecule has 0 aromatic carbocycles. The van der Waals surface area contributed by atoms with E-state index in [-0.39, 0.29) is 11.7 Å². The van der Waals surface area contributed by atoms with E-state index >= 15 is 0 Å². The van der Waals surface area contributed by atoms with E-state index in [4.69, 9.17) is 4.74 Å². The summed E-state index contributed by atoms with van der Waals surface area (Å²) in [6.07, 6.45) is 10.2. The Morgan fingerprint density at radius 1 is 1.26 bits per heavy atom. The summed E-state index contributed by atoms with van der Waals surface area (Å²) in [5.74, 6) is 1.42. The topological polar surface area (TPSA) is 60.2 Å². The van der Waals surface area contributed by atoms with Crippen LogP contribution in [0.15, 0.2) is 35.6 Å². The molecule has 0 bridgehead atoms. The van der Waals surface area contributed by atoms with Gasteiger partial charge in [0.1, 0.15) is 11.9 Å². The highest BCUT2D eigenvalue weighted by molar-refractivity contribution is 5.38. The summed E-state index contributed by atoms with van der Waals surface area (Å²) in [5, 5.41) is 0. The van der Waals surface area contributed by atoms with Gasteiger partial charge in [0, 0.05) is 49.4 Å². The summed E-state index contributed by atoms with van der Waals surface area (Å²) in [5.41, 5.74) is 1.05. The molecule has 2 aliphatic rings. The first-order valence-corrected chi connectivity index (χ1v) is 8.12. The van der Waals surface area contributed by atoms with Crippen LogP contribution in [0.5, 0.6) is 5.75 Å². The molecule has 23 heavy (non-hydrogen) atoms. The van der Waals surface area contributed by atoms with E-state index in [1.54, 1.807) is 24.8 Å². The lowest BCUT2D eigenvalue weighted by Gasteiger charge is -2.18. The Labute approximate surface area is 134 Å². The van der Waals surface area contributed by atoms with Crippen molar-refractivity contribution in [2.75, 3.05) is 18.0 Å². The van der Waals surface area contributed by atoms with Crippen LogP contribution in [0.2, 0.25) is 0 Å². The summed E-state index contributed by atoms with van der Waals surface area (Å²) in [4.78, 5) is 23.0. The fourth-order valence-corrected chi connectivity index (χ4v) is 3.06. The van der Waals surface area contributed by atoms with Gasteiger partial charge < -0.3 is 14.2 Å². The first-order valence-electron chi connectivity index (χ1n) is 8.12. The van der Waals surface area contributed by atoms with Gasteiger partial charge in [0.2, 0.25) is 0 Å². The Balaban J connectivity index is 1.49. The molecule has 2 aromatic rings. The lowest BCUT2D eigenvalue weighted by molar-refractivity contribution is 0.223. The maximum atomic E-state index is 12.6. The fourth-order valence-electron chi connectivity index (χ4n) is 3.06. The molecule has 1 unspecified atom stereocenters. The molecule has 2 fully saturated rings. The predicted octanol–water partition coefficient (Wildman–Crippen LogP) is 1.94. The molecule has 1 aliphatic heterocycles. The van der Waals surface area contributed by atoms with Crippen LogP contribution in [0.25, 0.3) is 0 Å². The van der Waals surface area contributed by atoms with Crippen molar-refractivity contribution < 1.29 is 4.74 Å². The van der Waals surface area contributed by atoms with Crippen LogP contribution in [0.4, 0.5) is 5.82 Å². The van der Waals surface area contributed by atoms with E-state index in [9.17, 15) is 4.79 Å². The first-order chi connectivity index (χ1) is 11.2. The number of rotatable bonds is 4. The Kier molecular flexibility index (Phi) is 3.52. The maximum absolute atomic E-state index is 12.6. The second-order valence-electron chi connectivity index (χ2n) is 6.31. The smallest absolute Gasteiger partial charge is 0.293 e. The molecule has 6 nitrogen and oxygen atoms in total. The number of hydrogen-bond acceptors (Lipinski definition) is 5. The maximum Gasteiger partial charge on any atom is 0.293 e. The van der Waals surface area contributed by atoms with Gasteiger partial charge in [-0.3, -0.25) is 9.78 Å². The molecule has 1 saturated heterocycles. The number of nitrogens with zero attached hydrogens (tertiary/aromatic N) is 4. The normalized spacial score (nSPS) is 20.7. The molecular weight excluding hydrogens is 292 g/mol. The Morgan fingerprint density at radius 3 is 2.91 bits per heavy atom. The van der Waals surface area contributed by atoms with Gasteiger partial charge >= 0.3 is 0 Å². The lowest BCUT2D eigenvalue weighted by Crippen LogP contribution is -2.33. The van der Waals surface area contributed by atoms with Gasteiger partial charge in [0.25, 0.3) is 5.56 Å². The number of hydrogen-bond donors (Lipinski definition) is 0. The van der Waals surface area contributed by atoms with Crippen molar-refractivity contribution in [3.05, 3.63) is 46.8 Å². The summed E-state index contributed by atoms with van der Waals surface area (Å²) in [7, 11) is 0. The third kappa shape index (κ3) is 2.81. The van der Waals surface area contributed by atoms with Gasteiger partial charge in [-0.2, -0.15) is 0 Å². The third-order valence-corrected chi connectivity index (χ3v) is 4.50. The highest BCUT2D eigenvalue weighted by Gasteiger charge is 2.30. The standard InChI is InChI=1S/C17H20N4O2/c1-12-10-18-6-4-15(12)23-14-5-8-20(11-14)16-17(22)21(9-7-19-16)13-2-3-13/h4,6-7,9-10,13-14H,2-3,5,8,11H2,1H3. The molecule has 4 rings (SSSR count). The number of pyridine rings is 1. The average Bonchev–Trinajstić information content (AvgIpc) is 3.29. The zero-order valence-electron chi connectivity index (χ0n) is 13.2. The second kappa shape index (κ2) is 5.68. The molecule has 0 amide bonds. The largest absolute Gasteiger partial charge is 0.488 e. The molecule has 2 aromatic heterocycles. The van der Waals surface area contributed by atoms with E-state index in [2.05, 4.69) is 9.97 Å². The number of ether oxygens (including phenoxy) is 1. The van der Waals surface area contributed by atoms with Crippen molar-refractivity contribution in [2.24, 2.45) is 0 Å². The van der Waals surface area contributed by atoms with Gasteiger partial charge in [0.15, 0.2) is 5.82 Å². The van der Waals surface area contributed by atoms with Gasteiger partial charge in [-0.1, -0.05) is 0 Å². The van der Waals surface area contributed by atoms with Crippen LogP contribution in [-0.2, 0) is 0 Å². The van der Waals surface area contributed by atoms with Crippen LogP contribution >= 0.6 is 0 Å². The molecule has 120 valence electrons. The van der Waals surface area contributed by atoms with Crippen molar-refractivity contribution in [1.29, 1.82) is 0 Å². The molecule has 1 aliphatic carbocycles. The quantitative estimate of drug-likeness (QED) is 0.863. The molecule has 1 saturated carbocycles. The van der Waals surface area contributed by atoms with Gasteiger partial charge in [-0.25, -0.2) is 4.98 Å². The second-order valence-corrected chi connectivity index (χ2v) is 6.31. The minimum atomic E-state index is 0.0238. The van der Waals surface area contributed by atoms with Crippen molar-refractivity contribution in [3.8, 4) is 5.75 Å². The van der Waals surface area contributed by atoms with Crippen molar-refractivity contribution in [3.63, 3.8) is 0 Å². The summed E-state index contributed by atoms with van der Waals surface area (Å²) in [6.45, 7) is 3.48. The minimum absolute atomic E-state index is 0.0238. The van der Waals surface area contributed by atoms with E-state index in [1.165, 1.54) is 0 Å². The van der Waals surface area contributed by atoms with Crippen LogP contribution in [-0.4, -0.2) is 33.7 Å². The van der Waals surface area contributed by atoms with E-state index in [1.807, 2.05) is 22.5 Å². The van der Waals surface area contributed by atoms with Crippen LogP contribution in [0.1, 0.15) is 30.9 Å². The fraction of sp³-hybridized carbons (Fsp3) is 0.471. The Hall–Kier alpha value is -2.37. The van der Waals surface area contributed by atoms with Crippen molar-refractivity contribution in [1.82, 2.24) is 14.5 Å². The number of aromatic nitrogens is 3. The van der Waals surface area contributed by atoms with Crippen LogP contribution in [0.3, 0.4) is 0 Å². The first kappa shape index (κ1) is 14.2. The molecular formula is C17H20N4O2. The lowest BCUT2D eigenvalue weighted by atomic mass is 10.2. The molecule has 0 spiro atoms. The zero-order chi connectivity index (χ0) is 15.8. The average molecular weight is 312 g/mol. The predicted molar refractivity (Wildman–Crippen MR) is 87.0 cm³/mol. The van der Waals surface area contributed by atoms with Gasteiger partial charge in [0.05, 0.1) is 6.54 Å². The Bertz CT molecular complexity index is 769. The molecule has 1 atom stereocenters. The molecule has 6 heteroatoms. The van der Waals surface area contributed by atoms with Crippen LogP contribution in [0, 0.1) is 6.92 Å². The summed E-state index contributed by atoms with van der Waals surface area (Å²) >= 11 is 0. The van der Waals surface area contributed by atoms with Crippen molar-refractivity contribution in [2.45, 2.75) is 38.3 Å². The summed E-state index contributed by atoms with van der Waals surface area (Å²) < 4.78 is 7.89. The molecule has 3 heterocycles. The Morgan fingerprint density at radius 2 is 2.13 bits per heavy atom. The zero-order valence-corrected chi connectivity index (χ0v) is 13.2. The molecule has 0 radical (unpaired) electrons. The number of aryl methyl sites for hydroxylation is 1. The van der Waals surface area contributed by atoms with Gasteiger partial charge in [-0.15, -0.1) is 0 Å². The third-order valence-electron chi connectivity index (χ3n) is 4.50. The number of anilines is 1. The SMILES string of the molecule is Cc1cnccc1OC1CCN(c2nccn(C3CC3)c2=O)C1. The molecule has 0 N–H and O–H groups in total. The van der Waals surface area contributed by atoms with Crippen molar-refractivity contribution >= 4 is 5.82 Å². The monoisotopic (exact) mass is 312 g/mol. The van der Waals surface area contributed by atoms with E-state index in [0.717, 1.165) is 37.1 Å². The van der Waals surface area contributed by atoms with E-state index in [0.29, 0.717) is 18.4 Å². The minimum Gasteiger partial charge on any atom is -0.488 e. The summed E-state index contributed by atoms with van der Waals surface area (Å²) in [6, 6.07) is 2.26. The highest BCUT2D eigenvalue weighted by Crippen LogP contribution is 2.33.